The average molecular weight is 298 g/mol. The molecule has 1 saturated heterocycles. The smallest absolute Gasteiger partial charge is 0.325 e. The van der Waals surface area contributed by atoms with E-state index in [1.165, 1.54) is 0 Å². The Labute approximate surface area is 121 Å². The van der Waals surface area contributed by atoms with Crippen molar-refractivity contribution in [1.82, 2.24) is 4.90 Å². The van der Waals surface area contributed by atoms with Crippen molar-refractivity contribution in [2.24, 2.45) is 5.92 Å². The monoisotopic (exact) mass is 297 g/mol. The molecule has 0 radical (unpaired) electrons. The zero-order valence-corrected chi connectivity index (χ0v) is 11.6. The normalized spacial score (nSPS) is 18.6. The molecule has 20 heavy (non-hydrogen) atoms. The van der Waals surface area contributed by atoms with Crippen molar-refractivity contribution in [3.8, 4) is 0 Å². The highest BCUT2D eigenvalue weighted by Crippen LogP contribution is 2.31. The summed E-state index contributed by atoms with van der Waals surface area (Å²) in [5.41, 5.74) is 0.551. The number of piperidine rings is 1. The molecule has 1 unspecified atom stereocenters. The predicted molar refractivity (Wildman–Crippen MR) is 73.8 cm³/mol. The van der Waals surface area contributed by atoms with Crippen LogP contribution in [-0.2, 0) is 9.59 Å². The Balaban J connectivity index is 2.18. The summed E-state index contributed by atoms with van der Waals surface area (Å²) in [6.07, 6.45) is 0.924. The second-order valence-corrected chi connectivity index (χ2v) is 5.32. The van der Waals surface area contributed by atoms with Gasteiger partial charge in [0, 0.05) is 18.1 Å². The Hall–Kier alpha value is -1.59. The van der Waals surface area contributed by atoms with Crippen LogP contribution in [0.25, 0.3) is 0 Å². The molecule has 1 fully saturated rings. The van der Waals surface area contributed by atoms with Crippen LogP contribution in [0.5, 0.6) is 0 Å². The number of rotatable bonds is 4. The standard InChI is InChI=1S/C14H16ClNO4/c15-11-4-2-1-3-10(11)12(14(19)20)16-7-5-9(6-8-16)13(17)18/h1-4,9,12H,5-8H2,(H,17,18)(H,19,20). The van der Waals surface area contributed by atoms with Gasteiger partial charge in [0.2, 0.25) is 0 Å². The number of hydrogen-bond donors (Lipinski definition) is 2. The summed E-state index contributed by atoms with van der Waals surface area (Å²) in [6, 6.07) is 6.04. The molecule has 0 saturated carbocycles. The largest absolute Gasteiger partial charge is 0.481 e. The molecule has 5 nitrogen and oxygen atoms in total. The number of aliphatic carboxylic acids is 2. The van der Waals surface area contributed by atoms with Crippen molar-refractivity contribution < 1.29 is 19.8 Å². The van der Waals surface area contributed by atoms with Gasteiger partial charge in [0.05, 0.1) is 5.92 Å². The molecule has 0 amide bonds. The number of nitrogens with zero attached hydrogens (tertiary/aromatic N) is 1. The van der Waals surface area contributed by atoms with E-state index in [0.29, 0.717) is 36.5 Å². The first-order valence-electron chi connectivity index (χ1n) is 6.44. The molecular weight excluding hydrogens is 282 g/mol. The Morgan fingerprint density at radius 1 is 1.20 bits per heavy atom. The lowest BCUT2D eigenvalue weighted by atomic mass is 9.94. The molecule has 1 atom stereocenters. The lowest BCUT2D eigenvalue weighted by molar-refractivity contribution is -0.146. The first-order valence-corrected chi connectivity index (χ1v) is 6.82. The molecule has 1 aromatic carbocycles. The fourth-order valence-corrected chi connectivity index (χ4v) is 2.83. The van der Waals surface area contributed by atoms with E-state index >= 15 is 0 Å². The van der Waals surface area contributed by atoms with Gasteiger partial charge in [-0.15, -0.1) is 0 Å². The van der Waals surface area contributed by atoms with Crippen LogP contribution in [0.15, 0.2) is 24.3 Å². The van der Waals surface area contributed by atoms with E-state index in [1.807, 2.05) is 0 Å². The van der Waals surface area contributed by atoms with E-state index in [4.69, 9.17) is 16.7 Å². The number of likely N-dealkylation sites (tertiary alicyclic amines) is 1. The van der Waals surface area contributed by atoms with Gasteiger partial charge in [0.1, 0.15) is 6.04 Å². The van der Waals surface area contributed by atoms with Crippen LogP contribution < -0.4 is 0 Å². The minimum Gasteiger partial charge on any atom is -0.481 e. The third kappa shape index (κ3) is 3.11. The van der Waals surface area contributed by atoms with Crippen LogP contribution in [-0.4, -0.2) is 40.1 Å². The molecule has 2 N–H and O–H groups in total. The van der Waals surface area contributed by atoms with Gasteiger partial charge >= 0.3 is 11.9 Å². The van der Waals surface area contributed by atoms with E-state index in [9.17, 15) is 14.7 Å². The molecule has 0 spiro atoms. The van der Waals surface area contributed by atoms with Crippen molar-refractivity contribution in [3.05, 3.63) is 34.9 Å². The van der Waals surface area contributed by atoms with Crippen molar-refractivity contribution >= 4 is 23.5 Å². The van der Waals surface area contributed by atoms with E-state index in [-0.39, 0.29) is 5.92 Å². The molecule has 108 valence electrons. The summed E-state index contributed by atoms with van der Waals surface area (Å²) in [5.74, 6) is -2.16. The lowest BCUT2D eigenvalue weighted by Crippen LogP contribution is -2.41. The van der Waals surface area contributed by atoms with Gasteiger partial charge in [0.25, 0.3) is 0 Å². The van der Waals surface area contributed by atoms with Gasteiger partial charge < -0.3 is 10.2 Å². The van der Waals surface area contributed by atoms with Gasteiger partial charge in [-0.2, -0.15) is 0 Å². The number of carboxylic acid groups (broad SMARTS) is 2. The Morgan fingerprint density at radius 2 is 1.80 bits per heavy atom. The number of hydrogen-bond acceptors (Lipinski definition) is 3. The summed E-state index contributed by atoms with van der Waals surface area (Å²) < 4.78 is 0. The fourth-order valence-electron chi connectivity index (χ4n) is 2.59. The molecule has 0 aliphatic carbocycles. The van der Waals surface area contributed by atoms with Gasteiger partial charge in [-0.25, -0.2) is 0 Å². The Kier molecular flexibility index (Phi) is 4.62. The third-order valence-electron chi connectivity index (χ3n) is 3.68. The molecule has 1 heterocycles. The second-order valence-electron chi connectivity index (χ2n) is 4.91. The molecule has 6 heteroatoms. The van der Waals surface area contributed by atoms with E-state index in [2.05, 4.69) is 0 Å². The number of carbonyl (C=O) groups is 2. The summed E-state index contributed by atoms with van der Waals surface area (Å²) in [7, 11) is 0. The Bertz CT molecular complexity index is 512. The maximum Gasteiger partial charge on any atom is 0.325 e. The molecule has 0 bridgehead atoms. The van der Waals surface area contributed by atoms with Crippen LogP contribution in [0.1, 0.15) is 24.4 Å². The lowest BCUT2D eigenvalue weighted by Gasteiger charge is -2.34. The first-order chi connectivity index (χ1) is 9.50. The number of halogens is 1. The van der Waals surface area contributed by atoms with Gasteiger partial charge in [0.15, 0.2) is 0 Å². The topological polar surface area (TPSA) is 77.8 Å². The maximum atomic E-state index is 11.6. The second kappa shape index (κ2) is 6.24. The molecule has 2 rings (SSSR count). The Morgan fingerprint density at radius 3 is 2.30 bits per heavy atom. The van der Waals surface area contributed by atoms with Gasteiger partial charge in [-0.1, -0.05) is 29.8 Å². The fraction of sp³-hybridized carbons (Fsp3) is 0.429. The molecular formula is C14H16ClNO4. The maximum absolute atomic E-state index is 11.6. The average Bonchev–Trinajstić information content (AvgIpc) is 2.41. The number of benzene rings is 1. The van der Waals surface area contributed by atoms with Gasteiger partial charge in [-0.05, 0) is 24.5 Å². The van der Waals surface area contributed by atoms with Crippen LogP contribution in [0.3, 0.4) is 0 Å². The highest BCUT2D eigenvalue weighted by atomic mass is 35.5. The summed E-state index contributed by atoms with van der Waals surface area (Å²) in [4.78, 5) is 24.3. The zero-order chi connectivity index (χ0) is 14.7. The third-order valence-corrected chi connectivity index (χ3v) is 4.02. The van der Waals surface area contributed by atoms with Crippen LogP contribution in [0.2, 0.25) is 5.02 Å². The van der Waals surface area contributed by atoms with Crippen LogP contribution >= 0.6 is 11.6 Å². The zero-order valence-electron chi connectivity index (χ0n) is 10.8. The molecule has 0 aromatic heterocycles. The van der Waals surface area contributed by atoms with Crippen molar-refractivity contribution in [2.75, 3.05) is 13.1 Å². The quantitative estimate of drug-likeness (QED) is 0.891. The minimum atomic E-state index is -0.966. The highest BCUT2D eigenvalue weighted by molar-refractivity contribution is 6.31. The first kappa shape index (κ1) is 14.8. The summed E-state index contributed by atoms with van der Waals surface area (Å²) in [6.45, 7) is 0.887. The molecule has 1 aliphatic rings. The predicted octanol–water partition coefficient (Wildman–Crippen LogP) is 2.26. The van der Waals surface area contributed by atoms with Crippen LogP contribution in [0, 0.1) is 5.92 Å². The van der Waals surface area contributed by atoms with Crippen molar-refractivity contribution in [3.63, 3.8) is 0 Å². The van der Waals surface area contributed by atoms with E-state index < -0.39 is 18.0 Å². The molecule has 1 aliphatic heterocycles. The van der Waals surface area contributed by atoms with Crippen molar-refractivity contribution in [2.45, 2.75) is 18.9 Å². The van der Waals surface area contributed by atoms with E-state index in [0.717, 1.165) is 0 Å². The number of carboxylic acids is 2. The SMILES string of the molecule is O=C(O)C1CCN(C(C(=O)O)c2ccccc2Cl)CC1. The highest BCUT2D eigenvalue weighted by Gasteiger charge is 2.33. The van der Waals surface area contributed by atoms with Gasteiger partial charge in [-0.3, -0.25) is 14.5 Å². The van der Waals surface area contributed by atoms with E-state index in [1.54, 1.807) is 29.2 Å². The van der Waals surface area contributed by atoms with Crippen molar-refractivity contribution in [1.29, 1.82) is 0 Å². The minimum absolute atomic E-state index is 0.382. The molecule has 1 aromatic rings. The summed E-state index contributed by atoms with van der Waals surface area (Å²) in [5, 5.41) is 18.9. The summed E-state index contributed by atoms with van der Waals surface area (Å²) >= 11 is 6.08. The van der Waals surface area contributed by atoms with Crippen LogP contribution in [0.4, 0.5) is 0 Å².